The molecule has 0 atom stereocenters. The molecule has 1 amide bonds. The monoisotopic (exact) mass is 394 g/mol. The second kappa shape index (κ2) is 9.02. The number of carbonyl (C=O) groups excluding carboxylic acids is 1. The van der Waals surface area contributed by atoms with Crippen molar-refractivity contribution >= 4 is 22.4 Å². The van der Waals surface area contributed by atoms with E-state index in [0.29, 0.717) is 24.6 Å². The van der Waals surface area contributed by atoms with Gasteiger partial charge < -0.3 is 10.1 Å². The molecular weight excluding hydrogens is 368 g/mol. The highest BCUT2D eigenvalue weighted by Crippen LogP contribution is 2.28. The first-order valence-corrected chi connectivity index (χ1v) is 10.3. The maximum absolute atomic E-state index is 12.2. The Balaban J connectivity index is 1.49. The second-order valence-electron chi connectivity index (χ2n) is 7.13. The zero-order valence-electron chi connectivity index (χ0n) is 16.8. The number of hydrogen-bond donors (Lipinski definition) is 1. The van der Waals surface area contributed by atoms with Crippen LogP contribution in [0.25, 0.3) is 11.3 Å². The van der Waals surface area contributed by atoms with Crippen LogP contribution in [-0.4, -0.2) is 17.5 Å². The summed E-state index contributed by atoms with van der Waals surface area (Å²) < 4.78 is 5.79. The predicted octanol–water partition coefficient (Wildman–Crippen LogP) is 5.84. The lowest BCUT2D eigenvalue weighted by Gasteiger charge is -2.09. The van der Waals surface area contributed by atoms with Gasteiger partial charge in [-0.05, 0) is 57.4 Å². The van der Waals surface area contributed by atoms with Crippen LogP contribution in [0.3, 0.4) is 0 Å². The average molecular weight is 395 g/mol. The Morgan fingerprint density at radius 2 is 1.79 bits per heavy atom. The van der Waals surface area contributed by atoms with Crippen LogP contribution in [0.1, 0.15) is 35.1 Å². The van der Waals surface area contributed by atoms with Crippen LogP contribution in [0.5, 0.6) is 5.75 Å². The lowest BCUT2D eigenvalue weighted by Crippen LogP contribution is -2.12. The van der Waals surface area contributed by atoms with Gasteiger partial charge in [0.15, 0.2) is 5.13 Å². The van der Waals surface area contributed by atoms with Crippen LogP contribution in [0.15, 0.2) is 41.8 Å². The first-order chi connectivity index (χ1) is 13.4. The number of benzene rings is 2. The fourth-order valence-corrected chi connectivity index (χ4v) is 3.75. The SMILES string of the molecule is Cc1ccc(OCCCC(=O)Nc2nc(-c3cc(C)ccc3C)cs2)c(C)c1. The lowest BCUT2D eigenvalue weighted by molar-refractivity contribution is -0.116. The average Bonchev–Trinajstić information content (AvgIpc) is 3.10. The number of anilines is 1. The number of carbonyl (C=O) groups is 1. The van der Waals surface area contributed by atoms with Gasteiger partial charge in [-0.2, -0.15) is 0 Å². The highest BCUT2D eigenvalue weighted by molar-refractivity contribution is 7.14. The summed E-state index contributed by atoms with van der Waals surface area (Å²) in [6.45, 7) is 8.75. The number of nitrogens with one attached hydrogen (secondary N) is 1. The van der Waals surface area contributed by atoms with Crippen molar-refractivity contribution in [1.82, 2.24) is 4.98 Å². The number of aromatic nitrogens is 1. The molecule has 1 heterocycles. The van der Waals surface area contributed by atoms with Crippen molar-refractivity contribution in [1.29, 1.82) is 0 Å². The van der Waals surface area contributed by atoms with Gasteiger partial charge in [0, 0.05) is 17.4 Å². The summed E-state index contributed by atoms with van der Waals surface area (Å²) in [6.07, 6.45) is 1.07. The van der Waals surface area contributed by atoms with Gasteiger partial charge in [-0.15, -0.1) is 11.3 Å². The summed E-state index contributed by atoms with van der Waals surface area (Å²) in [4.78, 5) is 16.8. The Labute approximate surface area is 170 Å². The molecule has 0 bridgehead atoms. The van der Waals surface area contributed by atoms with Crippen LogP contribution in [0.4, 0.5) is 5.13 Å². The summed E-state index contributed by atoms with van der Waals surface area (Å²) in [5.41, 5.74) is 6.72. The molecule has 5 heteroatoms. The number of ether oxygens (including phenoxy) is 1. The quantitative estimate of drug-likeness (QED) is 0.512. The fourth-order valence-electron chi connectivity index (χ4n) is 3.02. The molecule has 146 valence electrons. The predicted molar refractivity (Wildman–Crippen MR) is 116 cm³/mol. The van der Waals surface area contributed by atoms with Gasteiger partial charge in [0.25, 0.3) is 0 Å². The molecule has 2 aromatic carbocycles. The molecule has 0 radical (unpaired) electrons. The maximum Gasteiger partial charge on any atom is 0.226 e. The minimum absolute atomic E-state index is 0.0360. The van der Waals surface area contributed by atoms with E-state index in [-0.39, 0.29) is 5.91 Å². The van der Waals surface area contributed by atoms with Crippen molar-refractivity contribution in [2.75, 3.05) is 11.9 Å². The van der Waals surface area contributed by atoms with E-state index in [9.17, 15) is 4.79 Å². The Morgan fingerprint density at radius 1 is 1.04 bits per heavy atom. The summed E-state index contributed by atoms with van der Waals surface area (Å²) in [7, 11) is 0. The molecule has 0 aliphatic heterocycles. The van der Waals surface area contributed by atoms with Crippen LogP contribution >= 0.6 is 11.3 Å². The van der Waals surface area contributed by atoms with E-state index in [2.05, 4.69) is 55.3 Å². The molecule has 0 aliphatic carbocycles. The largest absolute Gasteiger partial charge is 0.493 e. The van der Waals surface area contributed by atoms with E-state index in [1.807, 2.05) is 24.4 Å². The smallest absolute Gasteiger partial charge is 0.226 e. The summed E-state index contributed by atoms with van der Waals surface area (Å²) >= 11 is 1.45. The van der Waals surface area contributed by atoms with Crippen molar-refractivity contribution in [3.8, 4) is 17.0 Å². The van der Waals surface area contributed by atoms with Crippen molar-refractivity contribution in [2.24, 2.45) is 0 Å². The number of thiazole rings is 1. The van der Waals surface area contributed by atoms with Crippen LogP contribution in [0.2, 0.25) is 0 Å². The van der Waals surface area contributed by atoms with Crippen molar-refractivity contribution < 1.29 is 9.53 Å². The molecular formula is C23H26N2O2S. The van der Waals surface area contributed by atoms with E-state index >= 15 is 0 Å². The molecule has 28 heavy (non-hydrogen) atoms. The second-order valence-corrected chi connectivity index (χ2v) is 7.98. The first-order valence-electron chi connectivity index (χ1n) is 9.45. The summed E-state index contributed by atoms with van der Waals surface area (Å²) in [5.74, 6) is 0.843. The Hall–Kier alpha value is -2.66. The number of amides is 1. The van der Waals surface area contributed by atoms with Gasteiger partial charge in [0.1, 0.15) is 5.75 Å². The summed E-state index contributed by atoms with van der Waals surface area (Å²) in [5, 5.41) is 5.52. The first kappa shape index (κ1) is 20.1. The number of aryl methyl sites for hydroxylation is 4. The van der Waals surface area contributed by atoms with Crippen LogP contribution in [-0.2, 0) is 4.79 Å². The minimum Gasteiger partial charge on any atom is -0.493 e. The van der Waals surface area contributed by atoms with E-state index in [1.165, 1.54) is 28.0 Å². The van der Waals surface area contributed by atoms with E-state index in [1.54, 1.807) is 0 Å². The van der Waals surface area contributed by atoms with Crippen molar-refractivity contribution in [3.63, 3.8) is 0 Å². The Kier molecular flexibility index (Phi) is 6.47. The number of rotatable bonds is 7. The van der Waals surface area contributed by atoms with Crippen molar-refractivity contribution in [2.45, 2.75) is 40.5 Å². The Bertz CT molecular complexity index is 978. The highest BCUT2D eigenvalue weighted by atomic mass is 32.1. The third kappa shape index (κ3) is 5.20. The van der Waals surface area contributed by atoms with Gasteiger partial charge in [0.05, 0.1) is 12.3 Å². The molecule has 0 spiro atoms. The number of hydrogen-bond acceptors (Lipinski definition) is 4. The van der Waals surface area contributed by atoms with Gasteiger partial charge >= 0.3 is 0 Å². The van der Waals surface area contributed by atoms with E-state index in [0.717, 1.165) is 22.6 Å². The third-order valence-electron chi connectivity index (χ3n) is 4.56. The molecule has 1 aromatic heterocycles. The lowest BCUT2D eigenvalue weighted by atomic mass is 10.0. The molecule has 3 aromatic rings. The molecule has 0 fully saturated rings. The molecule has 4 nitrogen and oxygen atoms in total. The van der Waals surface area contributed by atoms with Crippen LogP contribution < -0.4 is 10.1 Å². The zero-order valence-corrected chi connectivity index (χ0v) is 17.7. The van der Waals surface area contributed by atoms with Gasteiger partial charge in [-0.1, -0.05) is 35.4 Å². The molecule has 0 saturated heterocycles. The normalized spacial score (nSPS) is 10.7. The minimum atomic E-state index is -0.0360. The zero-order chi connectivity index (χ0) is 20.1. The van der Waals surface area contributed by atoms with Gasteiger partial charge in [-0.25, -0.2) is 4.98 Å². The third-order valence-corrected chi connectivity index (χ3v) is 5.31. The van der Waals surface area contributed by atoms with Gasteiger partial charge in [0.2, 0.25) is 5.91 Å². The van der Waals surface area contributed by atoms with E-state index in [4.69, 9.17) is 4.74 Å². The van der Waals surface area contributed by atoms with Crippen molar-refractivity contribution in [3.05, 3.63) is 64.0 Å². The topological polar surface area (TPSA) is 51.2 Å². The Morgan fingerprint density at radius 3 is 2.57 bits per heavy atom. The summed E-state index contributed by atoms with van der Waals surface area (Å²) in [6, 6.07) is 12.4. The molecule has 3 rings (SSSR count). The molecule has 0 aliphatic rings. The fraction of sp³-hybridized carbons (Fsp3) is 0.304. The molecule has 1 N–H and O–H groups in total. The molecule has 0 saturated carbocycles. The maximum atomic E-state index is 12.2. The van der Waals surface area contributed by atoms with E-state index < -0.39 is 0 Å². The number of nitrogens with zero attached hydrogens (tertiary/aromatic N) is 1. The molecule has 0 unspecified atom stereocenters. The van der Waals surface area contributed by atoms with Gasteiger partial charge in [-0.3, -0.25) is 4.79 Å². The van der Waals surface area contributed by atoms with Crippen LogP contribution in [0, 0.1) is 27.7 Å². The standard InChI is InChI=1S/C23H26N2O2S/c1-15-8-10-21(18(4)12-15)27-11-5-6-22(26)25-23-24-20(14-28-23)19-13-16(2)7-9-17(19)3/h7-10,12-14H,5-6,11H2,1-4H3,(H,24,25,26). The highest BCUT2D eigenvalue weighted by Gasteiger charge is 2.10.